The van der Waals surface area contributed by atoms with Gasteiger partial charge < -0.3 is 10.2 Å². The van der Waals surface area contributed by atoms with Crippen molar-refractivity contribution in [2.24, 2.45) is 0 Å². The molecule has 4 nitrogen and oxygen atoms in total. The van der Waals surface area contributed by atoms with Gasteiger partial charge in [-0.3, -0.25) is 0 Å². The molecule has 11 heteroatoms. The van der Waals surface area contributed by atoms with Crippen LogP contribution < -0.4 is 0 Å². The third-order valence-electron chi connectivity index (χ3n) is 0.485. The molecule has 0 aromatic carbocycles. The number of carboxylic acids is 2. The predicted octanol–water partition coefficient (Wildman–Crippen LogP) is 0.886. The minimum atomic E-state index is -5.08. The zero-order valence-corrected chi connectivity index (χ0v) is 10.4. The van der Waals surface area contributed by atoms with Gasteiger partial charge in [0.2, 0.25) is 0 Å². The molecule has 0 aliphatic carbocycles. The van der Waals surface area contributed by atoms with Crippen molar-refractivity contribution in [1.82, 2.24) is 0 Å². The summed E-state index contributed by atoms with van der Waals surface area (Å²) < 4.78 is 63.5. The van der Waals surface area contributed by atoms with Gasteiger partial charge in [-0.1, -0.05) is 0 Å². The Bertz CT molecular complexity index is 196. The Balaban J connectivity index is -0.000000180. The molecular weight excluding hydrogens is 433 g/mol. The monoisotopic (exact) mass is 436 g/mol. The molecule has 0 saturated carbocycles. The third-order valence-corrected chi connectivity index (χ3v) is 0.485. The molecule has 0 fully saturated rings. The topological polar surface area (TPSA) is 74.6 Å². The molecule has 0 rings (SSSR count). The van der Waals surface area contributed by atoms with Gasteiger partial charge in [0, 0.05) is 27.3 Å². The Hall–Kier alpha value is -0.558. The minimum absolute atomic E-state index is 0. The predicted molar refractivity (Wildman–Crippen MR) is 33.1 cm³/mol. The second-order valence-electron chi connectivity index (χ2n) is 1.61. The molecule has 88 valence electrons. The van der Waals surface area contributed by atoms with Gasteiger partial charge in [-0.15, -0.1) is 0 Å². The Morgan fingerprint density at radius 3 is 0.800 bits per heavy atom. The van der Waals surface area contributed by atoms with Gasteiger partial charge in [-0.2, -0.15) is 26.3 Å². The number of hydrogen-bond donors (Lipinski definition) is 2. The van der Waals surface area contributed by atoms with Crippen molar-refractivity contribution in [3.8, 4) is 0 Å². The summed E-state index contributed by atoms with van der Waals surface area (Å²) in [5.41, 5.74) is 0. The van der Waals surface area contributed by atoms with Crippen molar-refractivity contribution in [2.45, 2.75) is 12.4 Å². The van der Waals surface area contributed by atoms with E-state index in [1.165, 1.54) is 0 Å². The summed E-state index contributed by atoms with van der Waals surface area (Å²) in [6.07, 6.45) is -10.2. The summed E-state index contributed by atoms with van der Waals surface area (Å²) in [5.74, 6) is -5.51. The zero-order valence-electron chi connectivity index (χ0n) is 6.48. The van der Waals surface area contributed by atoms with Gasteiger partial charge in [-0.25, -0.2) is 9.59 Å². The van der Waals surface area contributed by atoms with Gasteiger partial charge in [0.15, 0.2) is 0 Å². The van der Waals surface area contributed by atoms with Crippen LogP contribution in [0.3, 0.4) is 0 Å². The van der Waals surface area contributed by atoms with Crippen LogP contribution in [-0.2, 0) is 9.59 Å². The second kappa shape index (κ2) is 6.84. The second-order valence-corrected chi connectivity index (χ2v) is 1.61. The average Bonchev–Trinajstić information content (AvgIpc) is 1.83. The summed E-state index contributed by atoms with van der Waals surface area (Å²) >= 11 is 0. The van der Waals surface area contributed by atoms with Crippen LogP contribution in [0.1, 0.15) is 0 Å². The van der Waals surface area contributed by atoms with Crippen molar-refractivity contribution in [3.05, 3.63) is 0 Å². The van der Waals surface area contributed by atoms with E-state index in [0.717, 1.165) is 0 Å². The van der Waals surface area contributed by atoms with Gasteiger partial charge >= 0.3 is 24.3 Å². The maximum absolute atomic E-state index is 10.6. The van der Waals surface area contributed by atoms with E-state index in [1.807, 2.05) is 0 Å². The first-order valence-corrected chi connectivity index (χ1v) is 2.49. The van der Waals surface area contributed by atoms with Crippen LogP contribution in [0.2, 0.25) is 0 Å². The van der Waals surface area contributed by atoms with Crippen LogP contribution in [0.5, 0.6) is 0 Å². The third kappa shape index (κ3) is 13.4. The summed E-state index contributed by atoms with van der Waals surface area (Å²) in [6.45, 7) is 0. The first-order chi connectivity index (χ1) is 5.89. The molecule has 0 spiro atoms. The van der Waals surface area contributed by atoms with Crippen molar-refractivity contribution < 1.29 is 46.1 Å². The fourth-order valence-corrected chi connectivity index (χ4v) is 0. The van der Waals surface area contributed by atoms with E-state index in [1.54, 1.807) is 0 Å². The standard InChI is InChI=1S/2C2HF3O2.Pb/c2*3-2(4,5)1(6)7;/h2*(H,6,7);. The molecule has 0 amide bonds. The van der Waals surface area contributed by atoms with Crippen molar-refractivity contribution >= 4 is 39.2 Å². The first-order valence-electron chi connectivity index (χ1n) is 2.49. The molecule has 0 aromatic heterocycles. The van der Waals surface area contributed by atoms with Crippen LogP contribution in [0.4, 0.5) is 26.3 Å². The average molecular weight is 435 g/mol. The molecule has 2 N–H and O–H groups in total. The molecule has 0 unspecified atom stereocenters. The van der Waals surface area contributed by atoms with E-state index in [0.29, 0.717) is 0 Å². The number of alkyl halides is 6. The Morgan fingerprint density at radius 2 is 0.800 bits per heavy atom. The van der Waals surface area contributed by atoms with E-state index in [2.05, 4.69) is 0 Å². The van der Waals surface area contributed by atoms with E-state index in [4.69, 9.17) is 19.8 Å². The van der Waals surface area contributed by atoms with E-state index >= 15 is 0 Å². The smallest absolute Gasteiger partial charge is 0.475 e. The largest absolute Gasteiger partial charge is 0.490 e. The number of halogens is 6. The molecular formula is C4H2F6O4Pb. The van der Waals surface area contributed by atoms with Crippen LogP contribution in [0.25, 0.3) is 0 Å². The molecule has 4 radical (unpaired) electrons. The fraction of sp³-hybridized carbons (Fsp3) is 0.500. The Morgan fingerprint density at radius 1 is 0.733 bits per heavy atom. The van der Waals surface area contributed by atoms with Crippen molar-refractivity contribution in [3.63, 3.8) is 0 Å². The van der Waals surface area contributed by atoms with E-state index in [9.17, 15) is 26.3 Å². The van der Waals surface area contributed by atoms with Crippen molar-refractivity contribution in [1.29, 1.82) is 0 Å². The summed E-state index contributed by atoms with van der Waals surface area (Å²) in [4.78, 5) is 17.8. The van der Waals surface area contributed by atoms with Crippen molar-refractivity contribution in [2.75, 3.05) is 0 Å². The molecule has 15 heavy (non-hydrogen) atoms. The maximum Gasteiger partial charge on any atom is 0.490 e. The fourth-order valence-electron chi connectivity index (χ4n) is 0. The van der Waals surface area contributed by atoms with Gasteiger partial charge in [0.05, 0.1) is 0 Å². The zero-order chi connectivity index (χ0) is 12.2. The molecule has 0 aliphatic heterocycles. The number of hydrogen-bond acceptors (Lipinski definition) is 2. The minimum Gasteiger partial charge on any atom is -0.475 e. The normalized spacial score (nSPS) is 10.5. The molecule has 0 aliphatic rings. The quantitative estimate of drug-likeness (QED) is 0.438. The molecule has 0 aromatic rings. The number of aliphatic carboxylic acids is 2. The number of rotatable bonds is 0. The summed E-state index contributed by atoms with van der Waals surface area (Å²) in [6, 6.07) is 0. The van der Waals surface area contributed by atoms with Crippen LogP contribution >= 0.6 is 0 Å². The molecule has 0 heterocycles. The number of carboxylic acid groups (broad SMARTS) is 2. The van der Waals surface area contributed by atoms with Crippen LogP contribution in [0, 0.1) is 0 Å². The maximum atomic E-state index is 10.6. The van der Waals surface area contributed by atoms with Gasteiger partial charge in [0.1, 0.15) is 0 Å². The SMILES string of the molecule is O=C(O)C(F)(F)F.O=C(O)C(F)(F)F.[Pb]. The summed E-state index contributed by atoms with van der Waals surface area (Å²) in [7, 11) is 0. The van der Waals surface area contributed by atoms with Crippen LogP contribution in [0.15, 0.2) is 0 Å². The van der Waals surface area contributed by atoms with E-state index < -0.39 is 24.3 Å². The van der Waals surface area contributed by atoms with Crippen LogP contribution in [-0.4, -0.2) is 61.8 Å². The summed E-state index contributed by atoms with van der Waals surface area (Å²) in [5, 5.41) is 14.2. The Kier molecular flexibility index (Phi) is 9.09. The molecule has 0 saturated heterocycles. The van der Waals surface area contributed by atoms with Gasteiger partial charge in [-0.05, 0) is 0 Å². The number of carbonyl (C=O) groups is 2. The first kappa shape index (κ1) is 19.9. The Labute approximate surface area is 98.0 Å². The van der Waals surface area contributed by atoms with E-state index in [-0.39, 0.29) is 27.3 Å². The molecule has 0 bridgehead atoms. The molecule has 0 atom stereocenters. The van der Waals surface area contributed by atoms with Gasteiger partial charge in [0.25, 0.3) is 0 Å².